The summed E-state index contributed by atoms with van der Waals surface area (Å²) < 4.78 is 32.1. The van der Waals surface area contributed by atoms with Gasteiger partial charge in [-0.1, -0.05) is 28.1 Å². The van der Waals surface area contributed by atoms with Crippen molar-refractivity contribution >= 4 is 43.5 Å². The van der Waals surface area contributed by atoms with Crippen LogP contribution in [0.15, 0.2) is 53.0 Å². The van der Waals surface area contributed by atoms with E-state index in [-0.39, 0.29) is 37.4 Å². The van der Waals surface area contributed by atoms with Crippen molar-refractivity contribution in [2.45, 2.75) is 52.2 Å². The molecule has 0 saturated carbocycles. The molecule has 2 aromatic rings. The van der Waals surface area contributed by atoms with Gasteiger partial charge in [0.2, 0.25) is 21.8 Å². The topological polar surface area (TPSA) is 96.0 Å². The second-order valence-electron chi connectivity index (χ2n) is 8.62. The highest BCUT2D eigenvalue weighted by atomic mass is 79.9. The van der Waals surface area contributed by atoms with E-state index in [9.17, 15) is 18.0 Å². The molecule has 0 spiro atoms. The molecule has 2 aromatic carbocycles. The van der Waals surface area contributed by atoms with E-state index in [4.69, 9.17) is 4.74 Å². The Labute approximate surface area is 216 Å². The lowest BCUT2D eigenvalue weighted by atomic mass is 10.1. The average molecular weight is 569 g/mol. The molecule has 8 nitrogen and oxygen atoms in total. The lowest BCUT2D eigenvalue weighted by Crippen LogP contribution is -2.49. The Morgan fingerprint density at radius 3 is 2.14 bits per heavy atom. The van der Waals surface area contributed by atoms with Gasteiger partial charge in [-0.2, -0.15) is 0 Å². The molecule has 0 aliphatic heterocycles. The molecule has 0 fully saturated rings. The maximum Gasteiger partial charge on any atom is 0.242 e. The number of sulfonamides is 1. The van der Waals surface area contributed by atoms with Gasteiger partial charge >= 0.3 is 0 Å². The minimum Gasteiger partial charge on any atom is -0.497 e. The first-order valence-corrected chi connectivity index (χ1v) is 14.0. The fourth-order valence-corrected chi connectivity index (χ4v) is 4.76. The van der Waals surface area contributed by atoms with Gasteiger partial charge in [-0.05, 0) is 69.2 Å². The number of amides is 2. The lowest BCUT2D eigenvalue weighted by Gasteiger charge is -2.30. The van der Waals surface area contributed by atoms with Gasteiger partial charge in [-0.3, -0.25) is 13.9 Å². The number of ether oxygens (including phenoxy) is 1. The van der Waals surface area contributed by atoms with E-state index in [1.807, 2.05) is 38.1 Å². The smallest absolute Gasteiger partial charge is 0.242 e. The Morgan fingerprint density at radius 2 is 1.63 bits per heavy atom. The Balaban J connectivity index is 2.15. The van der Waals surface area contributed by atoms with Gasteiger partial charge in [0, 0.05) is 30.0 Å². The maximum absolute atomic E-state index is 13.2. The minimum atomic E-state index is -3.55. The number of nitrogens with zero attached hydrogens (tertiary/aromatic N) is 2. The molecule has 2 rings (SSSR count). The van der Waals surface area contributed by atoms with Crippen LogP contribution in [0, 0.1) is 0 Å². The zero-order chi connectivity index (χ0) is 26.2. The van der Waals surface area contributed by atoms with Crippen molar-refractivity contribution in [3.8, 4) is 5.75 Å². The summed E-state index contributed by atoms with van der Waals surface area (Å²) in [7, 11) is -2.01. The molecule has 0 aliphatic carbocycles. The number of hydrogen-bond donors (Lipinski definition) is 1. The van der Waals surface area contributed by atoms with Gasteiger partial charge in [0.25, 0.3) is 0 Å². The lowest BCUT2D eigenvalue weighted by molar-refractivity contribution is -0.140. The van der Waals surface area contributed by atoms with Crippen molar-refractivity contribution in [3.63, 3.8) is 0 Å². The summed E-state index contributed by atoms with van der Waals surface area (Å²) >= 11 is 3.41. The first-order valence-electron chi connectivity index (χ1n) is 11.4. The largest absolute Gasteiger partial charge is 0.497 e. The molecule has 192 valence electrons. The predicted molar refractivity (Wildman–Crippen MR) is 142 cm³/mol. The first kappa shape index (κ1) is 28.6. The highest BCUT2D eigenvalue weighted by Gasteiger charge is 2.27. The molecule has 2 amide bonds. The van der Waals surface area contributed by atoms with Crippen LogP contribution >= 0.6 is 15.9 Å². The number of hydrogen-bond acceptors (Lipinski definition) is 5. The summed E-state index contributed by atoms with van der Waals surface area (Å²) in [5.41, 5.74) is 1.39. The molecular weight excluding hydrogens is 534 g/mol. The average Bonchev–Trinajstić information content (AvgIpc) is 2.79. The Bertz CT molecular complexity index is 1090. The van der Waals surface area contributed by atoms with E-state index in [0.29, 0.717) is 17.9 Å². The Kier molecular flexibility index (Phi) is 10.6. The molecule has 0 aliphatic rings. The number of halogens is 1. The molecule has 0 heterocycles. The van der Waals surface area contributed by atoms with Gasteiger partial charge in [0.15, 0.2) is 0 Å². The third-order valence-corrected chi connectivity index (χ3v) is 7.10. The van der Waals surface area contributed by atoms with E-state index in [1.54, 1.807) is 36.1 Å². The van der Waals surface area contributed by atoms with E-state index < -0.39 is 16.1 Å². The van der Waals surface area contributed by atoms with Crippen molar-refractivity contribution in [1.29, 1.82) is 0 Å². The summed E-state index contributed by atoms with van der Waals surface area (Å²) in [6.45, 7) is 5.84. The maximum atomic E-state index is 13.2. The number of anilines is 1. The molecular formula is C25H34BrN3O5S. The number of carbonyl (C=O) groups is 2. The fraction of sp³-hybridized carbons (Fsp3) is 0.440. The van der Waals surface area contributed by atoms with Crippen LogP contribution in [0.2, 0.25) is 0 Å². The van der Waals surface area contributed by atoms with Crippen LogP contribution in [0.4, 0.5) is 5.69 Å². The van der Waals surface area contributed by atoms with Crippen molar-refractivity contribution in [1.82, 2.24) is 10.2 Å². The normalized spacial score (nSPS) is 12.2. The SMILES string of the molecule is COc1ccc(N(CCCC(=O)N(Cc2ccc(Br)cc2)[C@@H](C)C(=O)NC(C)C)S(C)(=O)=O)cc1. The summed E-state index contributed by atoms with van der Waals surface area (Å²) in [4.78, 5) is 27.5. The highest BCUT2D eigenvalue weighted by molar-refractivity contribution is 9.10. The summed E-state index contributed by atoms with van der Waals surface area (Å²) in [5.74, 6) is 0.165. The van der Waals surface area contributed by atoms with Crippen LogP contribution in [0.3, 0.4) is 0 Å². The summed E-state index contributed by atoms with van der Waals surface area (Å²) in [5, 5.41) is 2.86. The second-order valence-corrected chi connectivity index (χ2v) is 11.4. The first-order chi connectivity index (χ1) is 16.4. The fourth-order valence-electron chi connectivity index (χ4n) is 3.53. The van der Waals surface area contributed by atoms with Gasteiger partial charge in [-0.25, -0.2) is 8.42 Å². The van der Waals surface area contributed by atoms with E-state index >= 15 is 0 Å². The number of benzene rings is 2. The van der Waals surface area contributed by atoms with Crippen molar-refractivity contribution < 1.29 is 22.7 Å². The molecule has 0 saturated heterocycles. The minimum absolute atomic E-state index is 0.0533. The molecule has 10 heteroatoms. The number of carbonyl (C=O) groups excluding carboxylic acids is 2. The van der Waals surface area contributed by atoms with E-state index in [2.05, 4.69) is 21.2 Å². The molecule has 35 heavy (non-hydrogen) atoms. The van der Waals surface area contributed by atoms with Crippen molar-refractivity contribution in [2.24, 2.45) is 0 Å². The van der Waals surface area contributed by atoms with E-state index in [0.717, 1.165) is 16.3 Å². The molecule has 0 aromatic heterocycles. The predicted octanol–water partition coefficient (Wildman–Crippen LogP) is 3.95. The third kappa shape index (κ3) is 8.85. The molecule has 0 bridgehead atoms. The van der Waals surface area contributed by atoms with Crippen LogP contribution in [0.5, 0.6) is 5.75 Å². The van der Waals surface area contributed by atoms with Crippen LogP contribution in [-0.4, -0.2) is 57.1 Å². The van der Waals surface area contributed by atoms with Crippen LogP contribution in [0.1, 0.15) is 39.2 Å². The number of methoxy groups -OCH3 is 1. The summed E-state index contributed by atoms with van der Waals surface area (Å²) in [6, 6.07) is 13.5. The highest BCUT2D eigenvalue weighted by Crippen LogP contribution is 2.22. The van der Waals surface area contributed by atoms with Crippen molar-refractivity contribution in [2.75, 3.05) is 24.2 Å². The van der Waals surface area contributed by atoms with Crippen LogP contribution in [0.25, 0.3) is 0 Å². The van der Waals surface area contributed by atoms with Gasteiger partial charge in [0.1, 0.15) is 11.8 Å². The quantitative estimate of drug-likeness (QED) is 0.419. The molecule has 1 atom stereocenters. The van der Waals surface area contributed by atoms with Crippen molar-refractivity contribution in [3.05, 3.63) is 58.6 Å². The molecule has 0 radical (unpaired) electrons. The third-order valence-electron chi connectivity index (χ3n) is 5.38. The standard InChI is InChI=1S/C25H34BrN3O5S/c1-18(2)27-25(31)19(3)28(17-20-8-10-21(26)11-9-20)24(30)7-6-16-29(35(5,32)33)22-12-14-23(34-4)15-13-22/h8-15,18-19H,6-7,16-17H2,1-5H3,(H,27,31)/t19-/m0/s1. The van der Waals surface area contributed by atoms with Gasteiger partial charge in [0.05, 0.1) is 19.1 Å². The Morgan fingerprint density at radius 1 is 1.03 bits per heavy atom. The molecule has 0 unspecified atom stereocenters. The Hall–Kier alpha value is -2.59. The molecule has 1 N–H and O–H groups in total. The monoisotopic (exact) mass is 567 g/mol. The van der Waals surface area contributed by atoms with Crippen LogP contribution in [-0.2, 0) is 26.2 Å². The second kappa shape index (κ2) is 12.9. The van der Waals surface area contributed by atoms with Crippen LogP contribution < -0.4 is 14.4 Å². The number of nitrogens with one attached hydrogen (secondary N) is 1. The van der Waals surface area contributed by atoms with Gasteiger partial charge in [-0.15, -0.1) is 0 Å². The zero-order valence-corrected chi connectivity index (χ0v) is 23.2. The summed E-state index contributed by atoms with van der Waals surface area (Å²) in [6.07, 6.45) is 1.53. The van der Waals surface area contributed by atoms with E-state index in [1.165, 1.54) is 11.4 Å². The number of rotatable bonds is 12. The van der Waals surface area contributed by atoms with Gasteiger partial charge < -0.3 is 15.0 Å². The zero-order valence-electron chi connectivity index (χ0n) is 20.8.